The van der Waals surface area contributed by atoms with E-state index in [1.54, 1.807) is 0 Å². The Morgan fingerprint density at radius 2 is 1.86 bits per heavy atom. The molecule has 0 atom stereocenters. The van der Waals surface area contributed by atoms with Crippen LogP contribution in [0.5, 0.6) is 0 Å². The summed E-state index contributed by atoms with van der Waals surface area (Å²) in [5.74, 6) is -0.108. The molecule has 1 aromatic carbocycles. The molecular formula is C21H32ClN5O. The number of piperidine rings is 1. The van der Waals surface area contributed by atoms with Gasteiger partial charge >= 0.3 is 0 Å². The van der Waals surface area contributed by atoms with Crippen molar-refractivity contribution in [2.75, 3.05) is 13.1 Å². The number of nitrogens with one attached hydrogen (secondary N) is 2. The van der Waals surface area contributed by atoms with E-state index in [0.717, 1.165) is 50.2 Å². The van der Waals surface area contributed by atoms with E-state index in [4.69, 9.17) is 0 Å². The minimum absolute atomic E-state index is 0. The Hall–Kier alpha value is -1.92. The second-order valence-electron chi connectivity index (χ2n) is 8.34. The molecule has 6 nitrogen and oxygen atoms in total. The maximum atomic E-state index is 12.8. The predicted octanol–water partition coefficient (Wildman–Crippen LogP) is 3.42. The summed E-state index contributed by atoms with van der Waals surface area (Å²) in [5.41, 5.74) is 3.66. The molecule has 28 heavy (non-hydrogen) atoms. The van der Waals surface area contributed by atoms with Crippen molar-refractivity contribution in [1.82, 2.24) is 25.6 Å². The van der Waals surface area contributed by atoms with Crippen LogP contribution in [0.15, 0.2) is 24.3 Å². The van der Waals surface area contributed by atoms with Gasteiger partial charge in [0.1, 0.15) is 0 Å². The Morgan fingerprint density at radius 3 is 2.43 bits per heavy atom. The number of carbonyl (C=O) groups is 1. The minimum Gasteiger partial charge on any atom is -0.348 e. The molecular weight excluding hydrogens is 374 g/mol. The van der Waals surface area contributed by atoms with Crippen molar-refractivity contribution in [3.8, 4) is 5.69 Å². The number of benzene rings is 1. The number of hydrogen-bond donors (Lipinski definition) is 2. The van der Waals surface area contributed by atoms with Crippen LogP contribution < -0.4 is 10.6 Å². The van der Waals surface area contributed by atoms with Crippen molar-refractivity contribution in [2.24, 2.45) is 0 Å². The number of nitrogens with zero attached hydrogens (tertiary/aromatic N) is 3. The zero-order valence-electron chi connectivity index (χ0n) is 17.3. The number of halogens is 1. The lowest BCUT2D eigenvalue weighted by atomic mass is 9.87. The number of amides is 1. The van der Waals surface area contributed by atoms with Crippen molar-refractivity contribution in [3.63, 3.8) is 0 Å². The van der Waals surface area contributed by atoms with Crippen molar-refractivity contribution in [1.29, 1.82) is 0 Å². The van der Waals surface area contributed by atoms with Crippen LogP contribution in [0.4, 0.5) is 0 Å². The Morgan fingerprint density at radius 1 is 1.21 bits per heavy atom. The molecule has 1 amide bonds. The summed E-state index contributed by atoms with van der Waals surface area (Å²) in [6.07, 6.45) is 3.61. The van der Waals surface area contributed by atoms with Gasteiger partial charge in [-0.2, -0.15) is 0 Å². The normalized spacial score (nSPS) is 15.1. The molecule has 0 aliphatic carbocycles. The zero-order valence-corrected chi connectivity index (χ0v) is 18.1. The van der Waals surface area contributed by atoms with Gasteiger partial charge in [-0.25, -0.2) is 4.68 Å². The van der Waals surface area contributed by atoms with Gasteiger partial charge in [-0.1, -0.05) is 51.5 Å². The highest BCUT2D eigenvalue weighted by Gasteiger charge is 2.23. The highest BCUT2D eigenvalue weighted by Crippen LogP contribution is 2.24. The lowest BCUT2D eigenvalue weighted by Crippen LogP contribution is -2.43. The molecule has 0 saturated carbocycles. The van der Waals surface area contributed by atoms with Crippen LogP contribution in [-0.4, -0.2) is 40.0 Å². The van der Waals surface area contributed by atoms with E-state index in [0.29, 0.717) is 5.69 Å². The Kier molecular flexibility index (Phi) is 7.61. The first-order valence-electron chi connectivity index (χ1n) is 9.97. The van der Waals surface area contributed by atoms with E-state index in [-0.39, 0.29) is 29.8 Å². The number of rotatable bonds is 5. The number of carbonyl (C=O) groups excluding carboxylic acids is 1. The fraction of sp³-hybridized carbons (Fsp3) is 0.571. The fourth-order valence-electron chi connectivity index (χ4n) is 3.47. The van der Waals surface area contributed by atoms with Gasteiger partial charge in [-0.15, -0.1) is 17.5 Å². The second kappa shape index (κ2) is 9.52. The van der Waals surface area contributed by atoms with Gasteiger partial charge in [-0.05, 0) is 55.5 Å². The van der Waals surface area contributed by atoms with Crippen molar-refractivity contribution in [3.05, 3.63) is 41.2 Å². The van der Waals surface area contributed by atoms with Crippen molar-refractivity contribution < 1.29 is 4.79 Å². The van der Waals surface area contributed by atoms with Gasteiger partial charge < -0.3 is 10.6 Å². The fourth-order valence-corrected chi connectivity index (χ4v) is 3.47. The van der Waals surface area contributed by atoms with Crippen LogP contribution in [0.2, 0.25) is 0 Å². The first kappa shape index (κ1) is 22.4. The van der Waals surface area contributed by atoms with Gasteiger partial charge in [0.15, 0.2) is 5.69 Å². The zero-order chi connectivity index (χ0) is 19.4. The summed E-state index contributed by atoms with van der Waals surface area (Å²) in [7, 11) is 0. The molecule has 2 N–H and O–H groups in total. The third-order valence-corrected chi connectivity index (χ3v) is 5.12. The maximum absolute atomic E-state index is 12.8. The third kappa shape index (κ3) is 5.11. The average molecular weight is 406 g/mol. The monoisotopic (exact) mass is 405 g/mol. The molecule has 0 radical (unpaired) electrons. The second-order valence-corrected chi connectivity index (χ2v) is 8.34. The summed E-state index contributed by atoms with van der Waals surface area (Å²) in [6.45, 7) is 10.6. The Balaban J connectivity index is 0.00000280. The molecule has 1 aromatic heterocycles. The van der Waals surface area contributed by atoms with Gasteiger partial charge in [0.05, 0.1) is 11.4 Å². The third-order valence-electron chi connectivity index (χ3n) is 5.12. The molecule has 7 heteroatoms. The largest absolute Gasteiger partial charge is 0.348 e. The van der Waals surface area contributed by atoms with E-state index in [2.05, 4.69) is 72.9 Å². The van der Waals surface area contributed by atoms with Gasteiger partial charge in [0.25, 0.3) is 5.91 Å². The molecule has 1 saturated heterocycles. The molecule has 1 fully saturated rings. The summed E-state index contributed by atoms with van der Waals surface area (Å²) < 4.78 is 1.81. The van der Waals surface area contributed by atoms with Crippen LogP contribution in [0.1, 0.15) is 68.7 Å². The van der Waals surface area contributed by atoms with Crippen LogP contribution in [-0.2, 0) is 11.8 Å². The summed E-state index contributed by atoms with van der Waals surface area (Å²) >= 11 is 0. The molecule has 1 aliphatic heterocycles. The van der Waals surface area contributed by atoms with Crippen LogP contribution in [0.25, 0.3) is 5.69 Å². The first-order valence-corrected chi connectivity index (χ1v) is 9.97. The number of aromatic nitrogens is 3. The van der Waals surface area contributed by atoms with E-state index in [9.17, 15) is 4.79 Å². The van der Waals surface area contributed by atoms with Crippen molar-refractivity contribution in [2.45, 2.75) is 64.8 Å². The van der Waals surface area contributed by atoms with Crippen LogP contribution in [0.3, 0.4) is 0 Å². The van der Waals surface area contributed by atoms with E-state index >= 15 is 0 Å². The molecule has 1 aliphatic rings. The summed E-state index contributed by atoms with van der Waals surface area (Å²) in [6, 6.07) is 8.58. The smallest absolute Gasteiger partial charge is 0.273 e. The molecule has 0 unspecified atom stereocenters. The molecule has 0 spiro atoms. The van der Waals surface area contributed by atoms with Crippen molar-refractivity contribution >= 4 is 18.3 Å². The summed E-state index contributed by atoms with van der Waals surface area (Å²) in [5, 5.41) is 15.0. The highest BCUT2D eigenvalue weighted by molar-refractivity contribution is 5.93. The average Bonchev–Trinajstić information content (AvgIpc) is 3.06. The quantitative estimate of drug-likeness (QED) is 0.799. The standard InChI is InChI=1S/C21H31N5O.ClH/c1-5-6-18-19(20(27)23-16-11-13-22-14-12-16)24-25-26(18)17-9-7-15(8-10-17)21(2,3)4;/h7-10,16,22H,5-6,11-14H2,1-4H3,(H,23,27);1H. The van der Waals surface area contributed by atoms with E-state index in [1.807, 2.05) is 4.68 Å². The Bertz CT molecular complexity index is 773. The van der Waals surface area contributed by atoms with Gasteiger partial charge in [0.2, 0.25) is 0 Å². The summed E-state index contributed by atoms with van der Waals surface area (Å²) in [4.78, 5) is 12.8. The molecule has 154 valence electrons. The lowest BCUT2D eigenvalue weighted by Gasteiger charge is -2.23. The number of hydrogen-bond acceptors (Lipinski definition) is 4. The van der Waals surface area contributed by atoms with E-state index in [1.165, 1.54) is 5.56 Å². The maximum Gasteiger partial charge on any atom is 0.273 e. The molecule has 0 bridgehead atoms. The van der Waals surface area contributed by atoms with Crippen LogP contribution >= 0.6 is 12.4 Å². The van der Waals surface area contributed by atoms with Gasteiger partial charge in [-0.3, -0.25) is 4.79 Å². The predicted molar refractivity (Wildman–Crippen MR) is 115 cm³/mol. The topological polar surface area (TPSA) is 71.8 Å². The SMILES string of the molecule is CCCc1c(C(=O)NC2CCNCC2)nnn1-c1ccc(C(C)(C)C)cc1.Cl. The highest BCUT2D eigenvalue weighted by atomic mass is 35.5. The first-order chi connectivity index (χ1) is 12.9. The van der Waals surface area contributed by atoms with Crippen LogP contribution in [0, 0.1) is 0 Å². The Labute approximate surface area is 173 Å². The minimum atomic E-state index is -0.108. The van der Waals surface area contributed by atoms with Gasteiger partial charge in [0, 0.05) is 6.04 Å². The molecule has 2 aromatic rings. The molecule has 3 rings (SSSR count). The lowest BCUT2D eigenvalue weighted by molar-refractivity contribution is 0.0923. The van der Waals surface area contributed by atoms with E-state index < -0.39 is 0 Å². The molecule has 2 heterocycles.